The Kier molecular flexibility index (Phi) is 5.83. The van der Waals surface area contributed by atoms with Crippen LogP contribution in [-0.4, -0.2) is 25.1 Å². The number of carbonyl (C=O) groups excluding carboxylic acids is 1. The van der Waals surface area contributed by atoms with Crippen LogP contribution in [0, 0.1) is 6.92 Å². The van der Waals surface area contributed by atoms with E-state index in [0.717, 1.165) is 22.4 Å². The molecule has 0 unspecified atom stereocenters. The van der Waals surface area contributed by atoms with Gasteiger partial charge in [-0.15, -0.1) is 22.7 Å². The molecular weight excluding hydrogens is 416 g/mol. The lowest BCUT2D eigenvalue weighted by atomic mass is 10.0. The molecule has 2 aromatic heterocycles. The fourth-order valence-corrected chi connectivity index (χ4v) is 4.58. The van der Waals surface area contributed by atoms with Gasteiger partial charge in [-0.25, -0.2) is 4.98 Å². The maximum atomic E-state index is 12.9. The first-order chi connectivity index (χ1) is 14.6. The Hall–Kier alpha value is -3.16. The van der Waals surface area contributed by atoms with Crippen LogP contribution in [0.25, 0.3) is 22.4 Å². The van der Waals surface area contributed by atoms with E-state index in [0.29, 0.717) is 21.5 Å². The van der Waals surface area contributed by atoms with Gasteiger partial charge in [-0.3, -0.25) is 10.1 Å². The average molecular weight is 437 g/mol. The van der Waals surface area contributed by atoms with Gasteiger partial charge in [0, 0.05) is 22.6 Å². The fraction of sp³-hybridized carbons (Fsp3) is 0.130. The van der Waals surface area contributed by atoms with E-state index in [2.05, 4.69) is 10.3 Å². The van der Waals surface area contributed by atoms with E-state index < -0.39 is 0 Å². The number of hydrogen-bond donors (Lipinski definition) is 1. The van der Waals surface area contributed by atoms with Crippen LogP contribution in [0.4, 0.5) is 5.13 Å². The molecule has 0 radical (unpaired) electrons. The van der Waals surface area contributed by atoms with E-state index in [1.165, 1.54) is 28.2 Å². The lowest BCUT2D eigenvalue weighted by Crippen LogP contribution is -2.11. The highest BCUT2D eigenvalue weighted by Crippen LogP contribution is 2.35. The van der Waals surface area contributed by atoms with Crippen LogP contribution in [0.15, 0.2) is 59.3 Å². The van der Waals surface area contributed by atoms with Crippen LogP contribution in [-0.2, 0) is 0 Å². The largest absolute Gasteiger partial charge is 0.497 e. The Balaban J connectivity index is 1.56. The summed E-state index contributed by atoms with van der Waals surface area (Å²) in [6.45, 7) is 2.04. The first-order valence-electron chi connectivity index (χ1n) is 9.23. The van der Waals surface area contributed by atoms with E-state index in [-0.39, 0.29) is 5.91 Å². The summed E-state index contributed by atoms with van der Waals surface area (Å²) in [6.07, 6.45) is 0. The van der Waals surface area contributed by atoms with E-state index in [4.69, 9.17) is 9.47 Å². The molecule has 0 aliphatic carbocycles. The molecule has 4 aromatic rings. The third kappa shape index (κ3) is 4.08. The number of nitrogens with zero attached hydrogens (tertiary/aromatic N) is 1. The summed E-state index contributed by atoms with van der Waals surface area (Å²) >= 11 is 2.80. The number of aryl methyl sites for hydroxylation is 1. The number of benzene rings is 2. The van der Waals surface area contributed by atoms with Crippen LogP contribution in [0.5, 0.6) is 11.5 Å². The highest BCUT2D eigenvalue weighted by atomic mass is 32.1. The van der Waals surface area contributed by atoms with E-state index in [9.17, 15) is 4.79 Å². The number of anilines is 1. The highest BCUT2D eigenvalue weighted by Gasteiger charge is 2.17. The summed E-state index contributed by atoms with van der Waals surface area (Å²) in [5.74, 6) is 1.21. The number of thiazole rings is 1. The number of rotatable bonds is 6. The second-order valence-electron chi connectivity index (χ2n) is 6.59. The third-order valence-corrected chi connectivity index (χ3v) is 6.31. The molecule has 0 aliphatic rings. The number of ether oxygens (including phenoxy) is 2. The maximum absolute atomic E-state index is 12.9. The molecule has 0 fully saturated rings. The van der Waals surface area contributed by atoms with Gasteiger partial charge in [0.25, 0.3) is 5.91 Å². The number of thiophene rings is 1. The van der Waals surface area contributed by atoms with E-state index >= 15 is 0 Å². The normalized spacial score (nSPS) is 10.6. The molecular formula is C23H20N2O3S2. The molecule has 1 N–H and O–H groups in total. The monoisotopic (exact) mass is 436 g/mol. The Bertz CT molecular complexity index is 1180. The average Bonchev–Trinajstić information content (AvgIpc) is 3.43. The minimum absolute atomic E-state index is 0.164. The lowest BCUT2D eigenvalue weighted by molar-refractivity contribution is 0.103. The van der Waals surface area contributed by atoms with Crippen molar-refractivity contribution < 1.29 is 14.3 Å². The summed E-state index contributed by atoms with van der Waals surface area (Å²) in [4.78, 5) is 18.2. The molecule has 30 heavy (non-hydrogen) atoms. The smallest absolute Gasteiger partial charge is 0.268 e. The number of aromatic nitrogens is 1. The summed E-state index contributed by atoms with van der Waals surface area (Å²) in [6, 6.07) is 15.7. The SMILES string of the molecule is COc1ccc(-c2csc(NC(=O)c3sccc3-c3ccc(C)cc3)n2)c(OC)c1. The van der Waals surface area contributed by atoms with E-state index in [1.807, 2.05) is 66.2 Å². The number of nitrogens with one attached hydrogen (secondary N) is 1. The lowest BCUT2D eigenvalue weighted by Gasteiger charge is -2.08. The van der Waals surface area contributed by atoms with Gasteiger partial charge in [0.1, 0.15) is 16.4 Å². The van der Waals surface area contributed by atoms with Crippen molar-refractivity contribution in [1.82, 2.24) is 4.98 Å². The third-order valence-electron chi connectivity index (χ3n) is 4.64. The van der Waals surface area contributed by atoms with Crippen LogP contribution >= 0.6 is 22.7 Å². The predicted octanol–water partition coefficient (Wildman–Crippen LogP) is 6.12. The zero-order chi connectivity index (χ0) is 21.1. The molecule has 152 valence electrons. The van der Waals surface area contributed by atoms with Crippen molar-refractivity contribution in [2.24, 2.45) is 0 Å². The van der Waals surface area contributed by atoms with Crippen LogP contribution in [0.2, 0.25) is 0 Å². The summed E-state index contributed by atoms with van der Waals surface area (Å²) in [5, 5.41) is 7.30. The first-order valence-corrected chi connectivity index (χ1v) is 11.0. The van der Waals surface area contributed by atoms with Crippen molar-refractivity contribution in [3.8, 4) is 33.9 Å². The molecule has 0 saturated carbocycles. The molecule has 0 spiro atoms. The summed E-state index contributed by atoms with van der Waals surface area (Å²) < 4.78 is 10.7. The molecule has 2 heterocycles. The standard InChI is InChI=1S/C23H20N2O3S2/c1-14-4-6-15(7-5-14)17-10-11-29-21(17)22(26)25-23-24-19(13-30-23)18-9-8-16(27-2)12-20(18)28-3/h4-13H,1-3H3,(H,24,25,26). The molecule has 2 aromatic carbocycles. The van der Waals surface area contributed by atoms with Crippen molar-refractivity contribution in [2.45, 2.75) is 6.92 Å². The van der Waals surface area contributed by atoms with Crippen LogP contribution in [0.3, 0.4) is 0 Å². The minimum Gasteiger partial charge on any atom is -0.497 e. The van der Waals surface area contributed by atoms with E-state index in [1.54, 1.807) is 14.2 Å². The molecule has 0 bridgehead atoms. The van der Waals surface area contributed by atoms with Gasteiger partial charge in [0.2, 0.25) is 0 Å². The zero-order valence-corrected chi connectivity index (χ0v) is 18.4. The van der Waals surface area contributed by atoms with Crippen molar-refractivity contribution in [3.05, 3.63) is 69.7 Å². The van der Waals surface area contributed by atoms with Crippen molar-refractivity contribution in [1.29, 1.82) is 0 Å². The van der Waals surface area contributed by atoms with Crippen LogP contribution in [0.1, 0.15) is 15.2 Å². The van der Waals surface area contributed by atoms with Gasteiger partial charge in [-0.1, -0.05) is 29.8 Å². The second-order valence-corrected chi connectivity index (χ2v) is 8.36. The van der Waals surface area contributed by atoms with Gasteiger partial charge >= 0.3 is 0 Å². The molecule has 0 saturated heterocycles. The maximum Gasteiger partial charge on any atom is 0.268 e. The van der Waals surface area contributed by atoms with Gasteiger partial charge in [-0.05, 0) is 36.1 Å². The summed E-state index contributed by atoms with van der Waals surface area (Å²) in [7, 11) is 3.22. The highest BCUT2D eigenvalue weighted by molar-refractivity contribution is 7.15. The Labute approximate surface area is 183 Å². The van der Waals surface area contributed by atoms with Crippen LogP contribution < -0.4 is 14.8 Å². The molecule has 4 rings (SSSR count). The van der Waals surface area contributed by atoms with Crippen molar-refractivity contribution in [3.63, 3.8) is 0 Å². The van der Waals surface area contributed by atoms with Gasteiger partial charge in [0.15, 0.2) is 5.13 Å². The predicted molar refractivity (Wildman–Crippen MR) is 123 cm³/mol. The number of methoxy groups -OCH3 is 2. The van der Waals surface area contributed by atoms with Crippen molar-refractivity contribution in [2.75, 3.05) is 19.5 Å². The number of amides is 1. The van der Waals surface area contributed by atoms with Crippen molar-refractivity contribution >= 4 is 33.7 Å². The number of hydrogen-bond acceptors (Lipinski definition) is 6. The zero-order valence-electron chi connectivity index (χ0n) is 16.8. The first kappa shape index (κ1) is 20.1. The molecule has 0 aliphatic heterocycles. The molecule has 5 nitrogen and oxygen atoms in total. The molecule has 0 atom stereocenters. The summed E-state index contributed by atoms with van der Waals surface area (Å²) in [5.41, 5.74) is 4.71. The molecule has 1 amide bonds. The Morgan fingerprint density at radius 1 is 0.967 bits per heavy atom. The Morgan fingerprint density at radius 3 is 2.50 bits per heavy atom. The number of carbonyl (C=O) groups is 1. The second kappa shape index (κ2) is 8.69. The minimum atomic E-state index is -0.164. The fourth-order valence-electron chi connectivity index (χ4n) is 3.06. The van der Waals surface area contributed by atoms with Gasteiger partial charge in [0.05, 0.1) is 19.9 Å². The quantitative estimate of drug-likeness (QED) is 0.396. The molecule has 7 heteroatoms. The van der Waals surface area contributed by atoms with Gasteiger partial charge < -0.3 is 9.47 Å². The Morgan fingerprint density at radius 2 is 1.77 bits per heavy atom. The topological polar surface area (TPSA) is 60.5 Å². The van der Waals surface area contributed by atoms with Gasteiger partial charge in [-0.2, -0.15) is 0 Å².